The van der Waals surface area contributed by atoms with Crippen molar-refractivity contribution in [2.24, 2.45) is 0 Å². The van der Waals surface area contributed by atoms with Gasteiger partial charge in [-0.25, -0.2) is 0 Å². The Morgan fingerprint density at radius 1 is 0.889 bits per heavy atom. The predicted molar refractivity (Wildman–Crippen MR) is 83.0 cm³/mol. The van der Waals surface area contributed by atoms with Crippen LogP contribution >= 0.6 is 0 Å². The Morgan fingerprint density at radius 3 is 1.94 bits per heavy atom. The van der Waals surface area contributed by atoms with Crippen molar-refractivity contribution in [3.63, 3.8) is 0 Å². The van der Waals surface area contributed by atoms with E-state index >= 15 is 0 Å². The number of carbonyl (C=O) groups excluding carboxylic acids is 1. The van der Waals surface area contributed by atoms with E-state index in [0.717, 1.165) is 19.5 Å². The van der Waals surface area contributed by atoms with E-state index in [1.807, 2.05) is 34.7 Å². The van der Waals surface area contributed by atoms with Gasteiger partial charge in [0, 0.05) is 19.5 Å². The third kappa shape index (κ3) is 24.6. The summed E-state index contributed by atoms with van der Waals surface area (Å²) in [6.07, 6.45) is 6.72. The van der Waals surface area contributed by atoms with Crippen LogP contribution in [-0.4, -0.2) is 26.0 Å². The second-order valence-electron chi connectivity index (χ2n) is 3.62. The number of likely N-dealkylation sites (N-methyl/N-ethyl adjacent to an activating group) is 1. The number of unbranched alkanes of at least 4 members (excludes halogenated alkanes) is 4. The minimum absolute atomic E-state index is 0.191. The van der Waals surface area contributed by atoms with E-state index in [-0.39, 0.29) is 5.91 Å². The fraction of sp³-hybridized carbons (Fsp3) is 0.933. The topological polar surface area (TPSA) is 41.1 Å². The highest BCUT2D eigenvalue weighted by molar-refractivity contribution is 5.75. The molecule has 0 rings (SSSR count). The van der Waals surface area contributed by atoms with Crippen LogP contribution < -0.4 is 10.6 Å². The predicted octanol–water partition coefficient (Wildman–Crippen LogP) is 3.73. The molecule has 0 radical (unpaired) electrons. The molecule has 0 fully saturated rings. The van der Waals surface area contributed by atoms with Crippen molar-refractivity contribution in [2.75, 3.05) is 20.1 Å². The molecule has 0 aromatic heterocycles. The summed E-state index contributed by atoms with van der Waals surface area (Å²) in [6.45, 7) is 11.8. The SMILES string of the molecule is CC.CC.CCCCCCCC(=O)NCCNC. The Balaban J connectivity index is -0.000000506. The zero-order valence-corrected chi connectivity index (χ0v) is 13.6. The molecule has 0 aliphatic carbocycles. The highest BCUT2D eigenvalue weighted by Crippen LogP contribution is 2.04. The van der Waals surface area contributed by atoms with Gasteiger partial charge in [-0.1, -0.05) is 60.3 Å². The minimum Gasteiger partial charge on any atom is -0.355 e. The molecule has 0 unspecified atom stereocenters. The van der Waals surface area contributed by atoms with Crippen LogP contribution in [0.3, 0.4) is 0 Å². The lowest BCUT2D eigenvalue weighted by molar-refractivity contribution is -0.121. The van der Waals surface area contributed by atoms with E-state index in [9.17, 15) is 4.79 Å². The van der Waals surface area contributed by atoms with Crippen LogP contribution in [0.2, 0.25) is 0 Å². The van der Waals surface area contributed by atoms with Gasteiger partial charge in [-0.2, -0.15) is 0 Å². The van der Waals surface area contributed by atoms with Crippen LogP contribution in [0.4, 0.5) is 0 Å². The molecule has 18 heavy (non-hydrogen) atoms. The highest BCUT2D eigenvalue weighted by atomic mass is 16.1. The van der Waals surface area contributed by atoms with Gasteiger partial charge in [0.15, 0.2) is 0 Å². The third-order valence-corrected chi connectivity index (χ3v) is 2.20. The number of amides is 1. The molecule has 112 valence electrons. The molecule has 0 bridgehead atoms. The standard InChI is InChI=1S/C11H24N2O.2C2H6/c1-3-4-5-6-7-8-11(14)13-10-9-12-2;2*1-2/h12H,3-10H2,1-2H3,(H,13,14);2*1-2H3. The number of nitrogens with one attached hydrogen (secondary N) is 2. The Bertz CT molecular complexity index is 138. The van der Waals surface area contributed by atoms with Crippen LogP contribution in [0.25, 0.3) is 0 Å². The molecule has 0 aliphatic rings. The van der Waals surface area contributed by atoms with E-state index in [4.69, 9.17) is 0 Å². The maximum atomic E-state index is 11.2. The van der Waals surface area contributed by atoms with Crippen LogP contribution in [0, 0.1) is 0 Å². The number of carbonyl (C=O) groups is 1. The molecule has 3 heteroatoms. The maximum Gasteiger partial charge on any atom is 0.220 e. The van der Waals surface area contributed by atoms with Gasteiger partial charge in [0.05, 0.1) is 0 Å². The number of hydrogen-bond donors (Lipinski definition) is 2. The van der Waals surface area contributed by atoms with Crippen molar-refractivity contribution >= 4 is 5.91 Å². The number of rotatable bonds is 9. The van der Waals surface area contributed by atoms with Crippen molar-refractivity contribution in [2.45, 2.75) is 73.1 Å². The lowest BCUT2D eigenvalue weighted by atomic mass is 10.1. The summed E-state index contributed by atoms with van der Waals surface area (Å²) in [5, 5.41) is 5.87. The Morgan fingerprint density at radius 2 is 1.44 bits per heavy atom. The van der Waals surface area contributed by atoms with Crippen LogP contribution in [0.15, 0.2) is 0 Å². The third-order valence-electron chi connectivity index (χ3n) is 2.20. The molecule has 2 N–H and O–H groups in total. The summed E-state index contributed by atoms with van der Waals surface area (Å²) < 4.78 is 0. The Hall–Kier alpha value is -0.570. The van der Waals surface area contributed by atoms with Gasteiger partial charge in [0.25, 0.3) is 0 Å². The van der Waals surface area contributed by atoms with Gasteiger partial charge < -0.3 is 10.6 Å². The maximum absolute atomic E-state index is 11.2. The molecule has 1 amide bonds. The van der Waals surface area contributed by atoms with Gasteiger partial charge in [-0.3, -0.25) is 4.79 Å². The molecule has 3 nitrogen and oxygen atoms in total. The zero-order valence-electron chi connectivity index (χ0n) is 13.6. The first-order valence-corrected chi connectivity index (χ1v) is 7.72. The van der Waals surface area contributed by atoms with Crippen molar-refractivity contribution in [3.05, 3.63) is 0 Å². The quantitative estimate of drug-likeness (QED) is 0.620. The van der Waals surface area contributed by atoms with Crippen molar-refractivity contribution in [1.29, 1.82) is 0 Å². The van der Waals surface area contributed by atoms with Gasteiger partial charge >= 0.3 is 0 Å². The monoisotopic (exact) mass is 260 g/mol. The summed E-state index contributed by atoms with van der Waals surface area (Å²) in [4.78, 5) is 11.2. The molecule has 0 spiro atoms. The lowest BCUT2D eigenvalue weighted by Gasteiger charge is -2.04. The van der Waals surface area contributed by atoms with Crippen LogP contribution in [-0.2, 0) is 4.79 Å². The zero-order chi connectivity index (χ0) is 14.6. The second kappa shape index (κ2) is 25.3. The van der Waals surface area contributed by atoms with Gasteiger partial charge in [0.1, 0.15) is 0 Å². The summed E-state index contributed by atoms with van der Waals surface area (Å²) in [6, 6.07) is 0. The smallest absolute Gasteiger partial charge is 0.220 e. The van der Waals surface area contributed by atoms with Crippen LogP contribution in [0.5, 0.6) is 0 Å². The van der Waals surface area contributed by atoms with Gasteiger partial charge in [-0.05, 0) is 13.5 Å². The van der Waals surface area contributed by atoms with Crippen LogP contribution in [0.1, 0.15) is 73.1 Å². The lowest BCUT2D eigenvalue weighted by Crippen LogP contribution is -2.30. The molecule has 0 saturated carbocycles. The van der Waals surface area contributed by atoms with E-state index in [2.05, 4.69) is 17.6 Å². The fourth-order valence-electron chi connectivity index (χ4n) is 1.30. The first-order valence-electron chi connectivity index (χ1n) is 7.72. The average molecular weight is 260 g/mol. The normalized spacial score (nSPS) is 8.56. The summed E-state index contributed by atoms with van der Waals surface area (Å²) in [5.74, 6) is 0.191. The Kier molecular flexibility index (Phi) is 31.8. The van der Waals surface area contributed by atoms with E-state index in [0.29, 0.717) is 6.42 Å². The van der Waals surface area contributed by atoms with E-state index in [1.54, 1.807) is 0 Å². The van der Waals surface area contributed by atoms with Crippen molar-refractivity contribution in [1.82, 2.24) is 10.6 Å². The number of hydrogen-bond acceptors (Lipinski definition) is 2. The highest BCUT2D eigenvalue weighted by Gasteiger charge is 1.98. The molecular formula is C15H36N2O. The summed E-state index contributed by atoms with van der Waals surface area (Å²) in [7, 11) is 1.89. The first-order chi connectivity index (χ1) is 8.81. The molecule has 0 aliphatic heterocycles. The van der Waals surface area contributed by atoms with Crippen molar-refractivity contribution in [3.8, 4) is 0 Å². The summed E-state index contributed by atoms with van der Waals surface area (Å²) >= 11 is 0. The van der Waals surface area contributed by atoms with E-state index < -0.39 is 0 Å². The molecule has 0 aromatic rings. The van der Waals surface area contributed by atoms with Gasteiger partial charge in [-0.15, -0.1) is 0 Å². The summed E-state index contributed by atoms with van der Waals surface area (Å²) in [5.41, 5.74) is 0. The largest absolute Gasteiger partial charge is 0.355 e. The molecular weight excluding hydrogens is 224 g/mol. The van der Waals surface area contributed by atoms with Crippen molar-refractivity contribution < 1.29 is 4.79 Å². The molecule has 0 heterocycles. The average Bonchev–Trinajstić information content (AvgIpc) is 2.43. The first kappa shape index (κ1) is 22.6. The minimum atomic E-state index is 0.191. The van der Waals surface area contributed by atoms with Gasteiger partial charge in [0.2, 0.25) is 5.91 Å². The molecule has 0 atom stereocenters. The molecule has 0 aromatic carbocycles. The fourth-order valence-corrected chi connectivity index (χ4v) is 1.30. The molecule has 0 saturated heterocycles. The second-order valence-corrected chi connectivity index (χ2v) is 3.62. The van der Waals surface area contributed by atoms with E-state index in [1.165, 1.54) is 25.7 Å². The Labute approximate surface area is 115 Å².